The molecule has 17 heavy (non-hydrogen) atoms. The van der Waals surface area contributed by atoms with Crippen molar-refractivity contribution in [2.24, 2.45) is 5.92 Å². The number of hydrogen-bond acceptors (Lipinski definition) is 3. The van der Waals surface area contributed by atoms with Gasteiger partial charge in [0.1, 0.15) is 0 Å². The molecule has 98 valence electrons. The molecule has 2 amide bonds. The maximum absolute atomic E-state index is 11.7. The number of nitrogens with one attached hydrogen (secondary N) is 1. The van der Waals surface area contributed by atoms with Crippen molar-refractivity contribution in [2.75, 3.05) is 31.6 Å². The number of carboxylic acids is 1. The summed E-state index contributed by atoms with van der Waals surface area (Å²) in [6.07, 6.45) is 4.27. The van der Waals surface area contributed by atoms with Crippen LogP contribution in [0.25, 0.3) is 0 Å². The Balaban J connectivity index is 2.28. The van der Waals surface area contributed by atoms with E-state index in [2.05, 4.69) is 11.6 Å². The number of carbonyl (C=O) groups is 2. The van der Waals surface area contributed by atoms with Crippen LogP contribution in [0.4, 0.5) is 4.79 Å². The Kier molecular flexibility index (Phi) is 6.18. The second-order valence-corrected chi connectivity index (χ2v) is 5.20. The van der Waals surface area contributed by atoms with Crippen molar-refractivity contribution >= 4 is 23.8 Å². The van der Waals surface area contributed by atoms with Crippen molar-refractivity contribution in [3.63, 3.8) is 0 Å². The van der Waals surface area contributed by atoms with E-state index in [0.29, 0.717) is 5.92 Å². The zero-order chi connectivity index (χ0) is 12.7. The Morgan fingerprint density at radius 2 is 2.29 bits per heavy atom. The summed E-state index contributed by atoms with van der Waals surface area (Å²) in [5.74, 6) is 0.770. The Bertz CT molecular complexity index is 271. The van der Waals surface area contributed by atoms with E-state index in [1.807, 2.05) is 11.8 Å². The minimum absolute atomic E-state index is 0.0200. The fourth-order valence-electron chi connectivity index (χ4n) is 2.01. The summed E-state index contributed by atoms with van der Waals surface area (Å²) < 4.78 is 0. The number of aliphatic carboxylic acids is 1. The Hall–Kier alpha value is -0.910. The fourth-order valence-corrected chi connectivity index (χ4v) is 2.75. The minimum Gasteiger partial charge on any atom is -0.481 e. The summed E-state index contributed by atoms with van der Waals surface area (Å²) in [5, 5.41) is 11.1. The number of hydrogen-bond donors (Lipinski definition) is 2. The van der Waals surface area contributed by atoms with Gasteiger partial charge in [-0.15, -0.1) is 0 Å². The van der Waals surface area contributed by atoms with Gasteiger partial charge in [0.25, 0.3) is 0 Å². The van der Waals surface area contributed by atoms with Crippen LogP contribution in [0.1, 0.15) is 19.3 Å². The number of likely N-dealkylation sites (tertiary alicyclic amines) is 1. The van der Waals surface area contributed by atoms with Crippen molar-refractivity contribution in [1.82, 2.24) is 10.2 Å². The maximum atomic E-state index is 11.7. The molecule has 1 aliphatic heterocycles. The number of urea groups is 1. The second-order valence-electron chi connectivity index (χ2n) is 4.29. The van der Waals surface area contributed by atoms with Crippen molar-refractivity contribution in [2.45, 2.75) is 19.3 Å². The molecule has 0 spiro atoms. The van der Waals surface area contributed by atoms with Gasteiger partial charge < -0.3 is 15.3 Å². The third-order valence-electron chi connectivity index (χ3n) is 2.82. The van der Waals surface area contributed by atoms with Crippen LogP contribution in [-0.2, 0) is 4.79 Å². The van der Waals surface area contributed by atoms with Gasteiger partial charge in [0, 0.05) is 19.6 Å². The van der Waals surface area contributed by atoms with Crippen LogP contribution in [-0.4, -0.2) is 53.6 Å². The van der Waals surface area contributed by atoms with Crippen LogP contribution in [0.5, 0.6) is 0 Å². The molecule has 0 aliphatic carbocycles. The summed E-state index contributed by atoms with van der Waals surface area (Å²) in [7, 11) is 0. The smallest absolute Gasteiger partial charge is 0.317 e. The van der Waals surface area contributed by atoms with Crippen molar-refractivity contribution in [3.05, 3.63) is 0 Å². The molecule has 1 heterocycles. The van der Waals surface area contributed by atoms with Gasteiger partial charge in [-0.25, -0.2) is 4.79 Å². The molecule has 2 N–H and O–H groups in total. The van der Waals surface area contributed by atoms with E-state index in [1.54, 1.807) is 4.90 Å². The molecule has 1 saturated heterocycles. The van der Waals surface area contributed by atoms with E-state index < -0.39 is 5.97 Å². The Labute approximate surface area is 106 Å². The number of piperidine rings is 1. The SMILES string of the molecule is CSCC1CCCN(C(=O)NCCC(=O)O)C1. The lowest BCUT2D eigenvalue weighted by atomic mass is 10.0. The summed E-state index contributed by atoms with van der Waals surface area (Å²) in [5.41, 5.74) is 0. The molecule has 0 saturated carbocycles. The predicted molar refractivity (Wildman–Crippen MR) is 68.3 cm³/mol. The quantitative estimate of drug-likeness (QED) is 0.780. The molecule has 1 unspecified atom stereocenters. The molecule has 0 aromatic rings. The molecule has 1 aliphatic rings. The topological polar surface area (TPSA) is 69.6 Å². The highest BCUT2D eigenvalue weighted by molar-refractivity contribution is 7.98. The van der Waals surface area contributed by atoms with E-state index in [1.165, 1.54) is 6.42 Å². The number of nitrogens with zero attached hydrogens (tertiary/aromatic N) is 1. The van der Waals surface area contributed by atoms with Crippen LogP contribution < -0.4 is 5.32 Å². The Morgan fingerprint density at radius 3 is 2.94 bits per heavy atom. The first-order valence-electron chi connectivity index (χ1n) is 5.87. The lowest BCUT2D eigenvalue weighted by Crippen LogP contribution is -2.46. The monoisotopic (exact) mass is 260 g/mol. The zero-order valence-electron chi connectivity index (χ0n) is 10.1. The fraction of sp³-hybridized carbons (Fsp3) is 0.818. The Morgan fingerprint density at radius 1 is 1.53 bits per heavy atom. The van der Waals surface area contributed by atoms with E-state index in [-0.39, 0.29) is 19.0 Å². The van der Waals surface area contributed by atoms with Crippen LogP contribution in [0.15, 0.2) is 0 Å². The minimum atomic E-state index is -0.885. The third kappa shape index (κ3) is 5.30. The lowest BCUT2D eigenvalue weighted by molar-refractivity contribution is -0.136. The third-order valence-corrected chi connectivity index (χ3v) is 3.63. The van der Waals surface area contributed by atoms with Gasteiger partial charge in [-0.1, -0.05) is 0 Å². The van der Waals surface area contributed by atoms with E-state index >= 15 is 0 Å². The summed E-state index contributed by atoms with van der Waals surface area (Å²) in [6.45, 7) is 1.78. The van der Waals surface area contributed by atoms with E-state index in [9.17, 15) is 9.59 Å². The molecule has 5 nitrogen and oxygen atoms in total. The average Bonchev–Trinajstić information content (AvgIpc) is 2.29. The van der Waals surface area contributed by atoms with Gasteiger partial charge >= 0.3 is 12.0 Å². The number of rotatable bonds is 5. The first-order valence-corrected chi connectivity index (χ1v) is 7.26. The average molecular weight is 260 g/mol. The van der Waals surface area contributed by atoms with Crippen LogP contribution in [0.3, 0.4) is 0 Å². The molecular formula is C11H20N2O3S. The van der Waals surface area contributed by atoms with Crippen LogP contribution >= 0.6 is 11.8 Å². The molecule has 1 fully saturated rings. The first-order chi connectivity index (χ1) is 8.13. The second kappa shape index (κ2) is 7.42. The number of carbonyl (C=O) groups excluding carboxylic acids is 1. The maximum Gasteiger partial charge on any atom is 0.317 e. The zero-order valence-corrected chi connectivity index (χ0v) is 11.0. The highest BCUT2D eigenvalue weighted by atomic mass is 32.2. The molecule has 0 aromatic carbocycles. The van der Waals surface area contributed by atoms with Gasteiger partial charge in [-0.2, -0.15) is 11.8 Å². The molecule has 0 bridgehead atoms. The number of carboxylic acid groups (broad SMARTS) is 1. The normalized spacial score (nSPS) is 20.1. The van der Waals surface area contributed by atoms with Gasteiger partial charge in [0.2, 0.25) is 0 Å². The van der Waals surface area contributed by atoms with Crippen molar-refractivity contribution in [3.8, 4) is 0 Å². The van der Waals surface area contributed by atoms with E-state index in [0.717, 1.165) is 25.3 Å². The molecule has 1 atom stereocenters. The summed E-state index contributed by atoms with van der Waals surface area (Å²) in [6, 6.07) is -0.128. The van der Waals surface area contributed by atoms with Gasteiger partial charge in [0.05, 0.1) is 6.42 Å². The van der Waals surface area contributed by atoms with Crippen LogP contribution in [0.2, 0.25) is 0 Å². The predicted octanol–water partition coefficient (Wildman–Crippen LogP) is 1.25. The van der Waals surface area contributed by atoms with Gasteiger partial charge in [-0.3, -0.25) is 4.79 Å². The van der Waals surface area contributed by atoms with Gasteiger partial charge in [-0.05, 0) is 30.8 Å². The lowest BCUT2D eigenvalue weighted by Gasteiger charge is -2.32. The summed E-state index contributed by atoms with van der Waals surface area (Å²) in [4.78, 5) is 23.9. The largest absolute Gasteiger partial charge is 0.481 e. The van der Waals surface area contributed by atoms with Crippen molar-refractivity contribution in [1.29, 1.82) is 0 Å². The molecule has 0 radical (unpaired) electrons. The van der Waals surface area contributed by atoms with Gasteiger partial charge in [0.15, 0.2) is 0 Å². The highest BCUT2D eigenvalue weighted by Gasteiger charge is 2.22. The number of thioether (sulfide) groups is 1. The molecule has 1 rings (SSSR count). The van der Waals surface area contributed by atoms with Crippen LogP contribution in [0, 0.1) is 5.92 Å². The van der Waals surface area contributed by atoms with Crippen molar-refractivity contribution < 1.29 is 14.7 Å². The number of amides is 2. The molecule has 0 aromatic heterocycles. The van der Waals surface area contributed by atoms with E-state index in [4.69, 9.17) is 5.11 Å². The standard InChI is InChI=1S/C11H20N2O3S/c1-17-8-9-3-2-6-13(7-9)11(16)12-5-4-10(14)15/h9H,2-8H2,1H3,(H,12,16)(H,14,15). The first kappa shape index (κ1) is 14.2. The molecular weight excluding hydrogens is 240 g/mol. The highest BCUT2D eigenvalue weighted by Crippen LogP contribution is 2.19. The summed E-state index contributed by atoms with van der Waals surface area (Å²) >= 11 is 1.81. The molecule has 6 heteroatoms.